The molecular formula is C15H10Br2ClFN2O2S. The molecule has 0 bridgehead atoms. The number of nitrogens with one attached hydrogen (secondary N) is 1. The molecule has 0 unspecified atom stereocenters. The van der Waals surface area contributed by atoms with Crippen LogP contribution in [0.25, 0.3) is 0 Å². The van der Waals surface area contributed by atoms with E-state index >= 15 is 0 Å². The lowest BCUT2D eigenvalue weighted by molar-refractivity contribution is 0.0977. The van der Waals surface area contributed by atoms with Gasteiger partial charge < -0.3 is 10.5 Å². The summed E-state index contributed by atoms with van der Waals surface area (Å²) in [6, 6.07) is 7.20. The van der Waals surface area contributed by atoms with Crippen molar-refractivity contribution in [2.75, 3.05) is 0 Å². The third-order valence-electron chi connectivity index (χ3n) is 2.88. The maximum Gasteiger partial charge on any atom is 0.257 e. The van der Waals surface area contributed by atoms with E-state index in [1.807, 2.05) is 0 Å². The lowest BCUT2D eigenvalue weighted by atomic mass is 10.2. The van der Waals surface area contributed by atoms with Gasteiger partial charge in [-0.3, -0.25) is 10.1 Å². The molecule has 0 spiro atoms. The van der Waals surface area contributed by atoms with Crippen LogP contribution in [-0.2, 0) is 6.61 Å². The summed E-state index contributed by atoms with van der Waals surface area (Å²) >= 11 is 17.3. The minimum Gasteiger partial charge on any atom is -0.486 e. The van der Waals surface area contributed by atoms with E-state index in [1.165, 1.54) is 12.1 Å². The van der Waals surface area contributed by atoms with Crippen LogP contribution in [0.15, 0.2) is 39.3 Å². The number of amides is 1. The predicted molar refractivity (Wildman–Crippen MR) is 102 cm³/mol. The Morgan fingerprint density at radius 2 is 1.92 bits per heavy atom. The van der Waals surface area contributed by atoms with E-state index in [9.17, 15) is 9.18 Å². The number of hydrogen-bond acceptors (Lipinski definition) is 3. The summed E-state index contributed by atoms with van der Waals surface area (Å²) in [6.07, 6.45) is 0. The number of carbonyl (C=O) groups is 1. The normalized spacial score (nSPS) is 10.3. The van der Waals surface area contributed by atoms with Crippen LogP contribution in [0.1, 0.15) is 15.9 Å². The maximum absolute atomic E-state index is 13.1. The Bertz CT molecular complexity index is 797. The average molecular weight is 497 g/mol. The molecule has 0 aliphatic heterocycles. The van der Waals surface area contributed by atoms with Crippen molar-refractivity contribution >= 4 is 66.7 Å². The van der Waals surface area contributed by atoms with Crippen LogP contribution in [-0.4, -0.2) is 11.0 Å². The van der Waals surface area contributed by atoms with Gasteiger partial charge in [-0.15, -0.1) is 0 Å². The molecule has 3 N–H and O–H groups in total. The lowest BCUT2D eigenvalue weighted by Gasteiger charge is -2.13. The number of benzene rings is 2. The van der Waals surface area contributed by atoms with E-state index in [4.69, 9.17) is 22.1 Å². The first-order chi connectivity index (χ1) is 11.3. The van der Waals surface area contributed by atoms with Gasteiger partial charge in [-0.2, -0.15) is 0 Å². The first kappa shape index (κ1) is 19.1. The highest BCUT2D eigenvalue weighted by atomic mass is 79.9. The molecule has 0 radical (unpaired) electrons. The fourth-order valence-electron chi connectivity index (χ4n) is 1.80. The molecule has 0 heterocycles. The molecule has 0 aliphatic rings. The van der Waals surface area contributed by atoms with E-state index < -0.39 is 11.7 Å². The number of nitrogens with two attached hydrogens (primary N) is 1. The van der Waals surface area contributed by atoms with Gasteiger partial charge in [-0.25, -0.2) is 4.39 Å². The van der Waals surface area contributed by atoms with E-state index in [0.717, 1.165) is 0 Å². The van der Waals surface area contributed by atoms with Crippen molar-refractivity contribution < 1.29 is 13.9 Å². The molecule has 0 atom stereocenters. The molecule has 0 aromatic heterocycles. The minimum absolute atomic E-state index is 0.112. The monoisotopic (exact) mass is 494 g/mol. The highest BCUT2D eigenvalue weighted by Crippen LogP contribution is 2.35. The van der Waals surface area contributed by atoms with Crippen molar-refractivity contribution in [1.82, 2.24) is 5.32 Å². The molecule has 0 fully saturated rings. The standard InChI is InChI=1S/C15H10Br2ClFN2O2S/c16-10-3-8(14(22)21-15(20)24)4-11(17)13(10)23-6-7-1-2-9(19)5-12(7)18/h1-5H,6H2,(H3,20,21,22,24). The Morgan fingerprint density at radius 3 is 2.46 bits per heavy atom. The molecule has 1 amide bonds. The van der Waals surface area contributed by atoms with Crippen molar-refractivity contribution in [3.05, 3.63) is 61.2 Å². The van der Waals surface area contributed by atoms with Crippen LogP contribution in [0, 0.1) is 5.82 Å². The summed E-state index contributed by atoms with van der Waals surface area (Å²) in [5.41, 5.74) is 6.26. The number of thiocarbonyl (C=S) groups is 1. The van der Waals surface area contributed by atoms with E-state index in [1.54, 1.807) is 18.2 Å². The number of hydrogen-bond donors (Lipinski definition) is 2. The summed E-state index contributed by atoms with van der Waals surface area (Å²) in [4.78, 5) is 11.9. The first-order valence-corrected chi connectivity index (χ1v) is 8.81. The summed E-state index contributed by atoms with van der Waals surface area (Å²) in [7, 11) is 0. The fraction of sp³-hybridized carbons (Fsp3) is 0.0667. The highest BCUT2D eigenvalue weighted by Gasteiger charge is 2.15. The molecule has 2 aromatic carbocycles. The summed E-state index contributed by atoms with van der Waals surface area (Å²) in [6.45, 7) is 0.134. The SMILES string of the molecule is NC(=S)NC(=O)c1cc(Br)c(OCc2ccc(F)cc2Cl)c(Br)c1. The second-order valence-electron chi connectivity index (χ2n) is 4.61. The number of halogens is 4. The number of carbonyl (C=O) groups excluding carboxylic acids is 1. The number of ether oxygens (including phenoxy) is 1. The zero-order chi connectivity index (χ0) is 17.9. The van der Waals surface area contributed by atoms with Crippen molar-refractivity contribution in [2.24, 2.45) is 5.73 Å². The minimum atomic E-state index is -0.433. The molecule has 0 saturated carbocycles. The largest absolute Gasteiger partial charge is 0.486 e. The van der Waals surface area contributed by atoms with Crippen LogP contribution in [0.2, 0.25) is 5.02 Å². The van der Waals surface area contributed by atoms with Crippen molar-refractivity contribution in [3.63, 3.8) is 0 Å². The highest BCUT2D eigenvalue weighted by molar-refractivity contribution is 9.11. The maximum atomic E-state index is 13.1. The molecule has 24 heavy (non-hydrogen) atoms. The zero-order valence-electron chi connectivity index (χ0n) is 11.9. The molecule has 0 aliphatic carbocycles. The van der Waals surface area contributed by atoms with Crippen LogP contribution in [0.3, 0.4) is 0 Å². The summed E-state index contributed by atoms with van der Waals surface area (Å²) in [5, 5.41) is 2.50. The fourth-order valence-corrected chi connectivity index (χ4v) is 3.53. The zero-order valence-corrected chi connectivity index (χ0v) is 16.7. The molecule has 2 aromatic rings. The third kappa shape index (κ3) is 4.89. The Balaban J connectivity index is 2.19. The summed E-state index contributed by atoms with van der Waals surface area (Å²) in [5.74, 6) is -0.376. The van der Waals surface area contributed by atoms with E-state index in [2.05, 4.69) is 49.4 Å². The second-order valence-corrected chi connectivity index (χ2v) is 7.17. The smallest absolute Gasteiger partial charge is 0.257 e. The molecule has 2 rings (SSSR count). The van der Waals surface area contributed by atoms with Gasteiger partial charge in [-0.1, -0.05) is 17.7 Å². The average Bonchev–Trinajstić information content (AvgIpc) is 2.47. The molecule has 0 saturated heterocycles. The van der Waals surface area contributed by atoms with Gasteiger partial charge in [-0.05, 0) is 68.3 Å². The van der Waals surface area contributed by atoms with Crippen molar-refractivity contribution in [2.45, 2.75) is 6.61 Å². The molecular weight excluding hydrogens is 487 g/mol. The Kier molecular flexibility index (Phi) is 6.56. The van der Waals surface area contributed by atoms with Gasteiger partial charge >= 0.3 is 0 Å². The summed E-state index contributed by atoms with van der Waals surface area (Å²) < 4.78 is 19.8. The quantitative estimate of drug-likeness (QED) is 0.610. The van der Waals surface area contributed by atoms with Gasteiger partial charge in [0.05, 0.1) is 14.0 Å². The van der Waals surface area contributed by atoms with Crippen LogP contribution in [0.5, 0.6) is 5.75 Å². The van der Waals surface area contributed by atoms with Crippen LogP contribution in [0.4, 0.5) is 4.39 Å². The molecule has 126 valence electrons. The van der Waals surface area contributed by atoms with Crippen molar-refractivity contribution in [1.29, 1.82) is 0 Å². The molecule has 9 heteroatoms. The van der Waals surface area contributed by atoms with Crippen molar-refractivity contribution in [3.8, 4) is 5.75 Å². The van der Waals surface area contributed by atoms with Gasteiger partial charge in [0, 0.05) is 11.1 Å². The Morgan fingerprint density at radius 1 is 1.29 bits per heavy atom. The van der Waals surface area contributed by atoms with E-state index in [-0.39, 0.29) is 16.7 Å². The Hall–Kier alpha value is -1.22. The first-order valence-electron chi connectivity index (χ1n) is 6.44. The van der Waals surface area contributed by atoms with Crippen LogP contribution >= 0.6 is 55.7 Å². The topological polar surface area (TPSA) is 64.3 Å². The lowest BCUT2D eigenvalue weighted by Crippen LogP contribution is -2.34. The van der Waals surface area contributed by atoms with Gasteiger partial charge in [0.1, 0.15) is 18.2 Å². The van der Waals surface area contributed by atoms with Gasteiger partial charge in [0.15, 0.2) is 5.11 Å². The number of rotatable bonds is 4. The Labute approximate surface area is 164 Å². The van der Waals surface area contributed by atoms with Crippen LogP contribution < -0.4 is 15.8 Å². The second kappa shape index (κ2) is 8.24. The molecule has 4 nitrogen and oxygen atoms in total. The predicted octanol–water partition coefficient (Wildman–Crippen LogP) is 4.56. The van der Waals surface area contributed by atoms with Gasteiger partial charge in [0.25, 0.3) is 5.91 Å². The van der Waals surface area contributed by atoms with Gasteiger partial charge in [0.2, 0.25) is 0 Å². The van der Waals surface area contributed by atoms with E-state index in [0.29, 0.717) is 25.8 Å². The third-order valence-corrected chi connectivity index (χ3v) is 4.52.